The summed E-state index contributed by atoms with van der Waals surface area (Å²) in [4.78, 5) is 45.1. The highest BCUT2D eigenvalue weighted by Gasteiger charge is 2.22. The van der Waals surface area contributed by atoms with E-state index < -0.39 is 36.7 Å². The van der Waals surface area contributed by atoms with Crippen LogP contribution in [-0.2, 0) is 93.9 Å². The molecule has 4 N–H and O–H groups in total. The summed E-state index contributed by atoms with van der Waals surface area (Å²) in [6, 6.07) is -2.32. The molecule has 1 heterocycles. The van der Waals surface area contributed by atoms with Crippen molar-refractivity contribution in [2.45, 2.75) is 57.5 Å². The van der Waals surface area contributed by atoms with Crippen LogP contribution in [0.1, 0.15) is 37.8 Å². The van der Waals surface area contributed by atoms with Gasteiger partial charge in [0.1, 0.15) is 11.7 Å². The van der Waals surface area contributed by atoms with E-state index in [1.165, 1.54) is 0 Å². The van der Waals surface area contributed by atoms with Crippen molar-refractivity contribution in [1.29, 1.82) is 0 Å². The molecular weight excluding hydrogens is 870 g/mol. The monoisotopic (exact) mass is 943 g/mol. The molecule has 0 spiro atoms. The maximum Gasteiger partial charge on any atom is 0.326 e. The number of carboxylic acids is 2. The fourth-order valence-electron chi connectivity index (χ4n) is 4.97. The van der Waals surface area contributed by atoms with Gasteiger partial charge < -0.3 is 87.2 Å². The number of aryl methyl sites for hydroxylation is 1. The van der Waals surface area contributed by atoms with Crippen molar-refractivity contribution in [3.8, 4) is 0 Å². The molecule has 0 aliphatic rings. The Morgan fingerprint density at radius 3 is 1.35 bits per heavy atom. The SMILES string of the molecule is COCCOCCOCCOCCOCCOCCOCCOCCOCCOCCOCCOCCOCc1cn(CCCC[C@H](NC(=O)N[C@@H](CCC(=O)O)C(=O)O)OC=O)nn1. The number of nitrogens with zero attached hydrogens (tertiary/aromatic N) is 3. The first-order valence-electron chi connectivity index (χ1n) is 21.8. The molecule has 0 unspecified atom stereocenters. The van der Waals surface area contributed by atoms with Crippen LogP contribution in [-0.4, -0.2) is 228 Å². The number of unbranched alkanes of at least 4 members (excludes halogenated alkanes) is 1. The molecule has 0 fully saturated rings. The minimum atomic E-state index is -1.41. The summed E-state index contributed by atoms with van der Waals surface area (Å²) >= 11 is 0. The molecule has 0 aromatic carbocycles. The number of hydrogen-bond acceptors (Lipinski definition) is 20. The maximum atomic E-state index is 12.2. The summed E-state index contributed by atoms with van der Waals surface area (Å²) in [6.45, 7) is 12.3. The first-order chi connectivity index (χ1) is 31.8. The van der Waals surface area contributed by atoms with Gasteiger partial charge in [0.15, 0.2) is 6.23 Å². The number of carbonyl (C=O) groups is 4. The van der Waals surface area contributed by atoms with Gasteiger partial charge in [-0.25, -0.2) is 9.59 Å². The van der Waals surface area contributed by atoms with Crippen LogP contribution in [0, 0.1) is 0 Å². The van der Waals surface area contributed by atoms with Crippen molar-refractivity contribution in [1.82, 2.24) is 25.6 Å². The van der Waals surface area contributed by atoms with Crippen molar-refractivity contribution in [3.63, 3.8) is 0 Å². The molecule has 2 atom stereocenters. The van der Waals surface area contributed by atoms with E-state index in [1.807, 2.05) is 0 Å². The highest BCUT2D eigenvalue weighted by molar-refractivity contribution is 5.83. The number of aliphatic carboxylic acids is 2. The van der Waals surface area contributed by atoms with Crippen LogP contribution in [0.5, 0.6) is 0 Å². The van der Waals surface area contributed by atoms with E-state index in [2.05, 4.69) is 20.9 Å². The van der Waals surface area contributed by atoms with E-state index in [0.29, 0.717) is 184 Å². The molecule has 0 aliphatic heterocycles. The first-order valence-corrected chi connectivity index (χ1v) is 21.8. The van der Waals surface area contributed by atoms with Gasteiger partial charge in [-0.1, -0.05) is 5.21 Å². The molecule has 25 heteroatoms. The summed E-state index contributed by atoms with van der Waals surface area (Å²) in [6.07, 6.45) is 1.36. The van der Waals surface area contributed by atoms with Gasteiger partial charge in [-0.3, -0.25) is 14.3 Å². The lowest BCUT2D eigenvalue weighted by Gasteiger charge is -2.19. The summed E-state index contributed by atoms with van der Waals surface area (Å²) in [5.74, 6) is -2.58. The second-order valence-corrected chi connectivity index (χ2v) is 13.4. The van der Waals surface area contributed by atoms with Gasteiger partial charge in [-0.2, -0.15) is 0 Å². The zero-order valence-corrected chi connectivity index (χ0v) is 37.8. The molecule has 1 aromatic rings. The highest BCUT2D eigenvalue weighted by atomic mass is 16.6. The van der Waals surface area contributed by atoms with E-state index in [9.17, 15) is 24.3 Å². The van der Waals surface area contributed by atoms with E-state index >= 15 is 0 Å². The number of aromatic nitrogens is 3. The second kappa shape index (κ2) is 45.5. The van der Waals surface area contributed by atoms with Gasteiger partial charge in [0.25, 0.3) is 6.47 Å². The minimum Gasteiger partial charge on any atom is -0.481 e. The van der Waals surface area contributed by atoms with Crippen LogP contribution in [0.15, 0.2) is 6.20 Å². The van der Waals surface area contributed by atoms with E-state index in [1.54, 1.807) is 18.0 Å². The first kappa shape index (κ1) is 59.3. The fourth-order valence-corrected chi connectivity index (χ4v) is 4.97. The fraction of sp³-hybridized carbons (Fsp3) is 0.850. The largest absolute Gasteiger partial charge is 0.481 e. The molecule has 378 valence electrons. The average Bonchev–Trinajstić information content (AvgIpc) is 3.74. The number of hydrogen-bond donors (Lipinski definition) is 4. The second-order valence-electron chi connectivity index (χ2n) is 13.4. The van der Waals surface area contributed by atoms with Crippen LogP contribution >= 0.6 is 0 Å². The molecule has 65 heavy (non-hydrogen) atoms. The molecule has 1 rings (SSSR count). The van der Waals surface area contributed by atoms with E-state index in [4.69, 9.17) is 71.4 Å². The van der Waals surface area contributed by atoms with Gasteiger partial charge in [0.05, 0.1) is 171 Å². The van der Waals surface area contributed by atoms with Crippen LogP contribution < -0.4 is 10.6 Å². The Morgan fingerprint density at radius 1 is 0.585 bits per heavy atom. The lowest BCUT2D eigenvalue weighted by Crippen LogP contribution is -2.49. The summed E-state index contributed by atoms with van der Waals surface area (Å²) in [5.41, 5.74) is 0.635. The average molecular weight is 944 g/mol. The Labute approximate surface area is 380 Å². The molecule has 0 aliphatic carbocycles. The third kappa shape index (κ3) is 40.3. The number of ether oxygens (including phenoxy) is 14. The highest BCUT2D eigenvalue weighted by Crippen LogP contribution is 2.06. The molecule has 0 saturated carbocycles. The van der Waals surface area contributed by atoms with Crippen LogP contribution in [0.4, 0.5) is 4.79 Å². The van der Waals surface area contributed by atoms with Crippen LogP contribution in [0.3, 0.4) is 0 Å². The Kier molecular flexibility index (Phi) is 41.5. The number of nitrogens with one attached hydrogen (secondary N) is 2. The molecule has 1 aromatic heterocycles. The van der Waals surface area contributed by atoms with Crippen molar-refractivity contribution in [3.05, 3.63) is 11.9 Å². The topological polar surface area (TPSA) is 293 Å². The predicted molar refractivity (Wildman–Crippen MR) is 225 cm³/mol. The van der Waals surface area contributed by atoms with E-state index in [-0.39, 0.29) is 25.9 Å². The van der Waals surface area contributed by atoms with Crippen LogP contribution in [0.2, 0.25) is 0 Å². The van der Waals surface area contributed by atoms with Gasteiger partial charge in [-0.15, -0.1) is 5.10 Å². The number of carbonyl (C=O) groups excluding carboxylic acids is 2. The minimum absolute atomic E-state index is 0.173. The number of methoxy groups -OCH3 is 1. The Bertz CT molecular complexity index is 1270. The lowest BCUT2D eigenvalue weighted by atomic mass is 10.1. The molecule has 0 radical (unpaired) electrons. The molecule has 0 saturated heterocycles. The summed E-state index contributed by atoms with van der Waals surface area (Å²) in [7, 11) is 1.64. The Balaban J connectivity index is 1.82. The van der Waals surface area contributed by atoms with Crippen molar-refractivity contribution < 1.29 is 95.7 Å². The Hall–Kier alpha value is -3.70. The quantitative estimate of drug-likeness (QED) is 0.0377. The third-order valence-electron chi connectivity index (χ3n) is 8.23. The number of urea groups is 1. The smallest absolute Gasteiger partial charge is 0.326 e. The normalized spacial score (nSPS) is 12.3. The standard InChI is InChI=1S/C40H73N5O20/c1-52-8-9-53-10-11-54-12-13-55-14-15-56-16-17-57-18-19-58-20-21-59-22-23-60-24-25-61-26-27-62-28-29-63-30-31-64-33-35-32-45(44-43-35)7-3-2-4-37(65-34-46)42-40(51)41-36(39(49)50)5-6-38(47)48/h32,34,36-37H,2-31,33H2,1H3,(H,47,48)(H,49,50)(H2,41,42,51)/t36-,37+/m0/s1. The van der Waals surface area contributed by atoms with Gasteiger partial charge in [-0.05, 0) is 19.3 Å². The number of carboxylic acid groups (broad SMARTS) is 2. The van der Waals surface area contributed by atoms with Crippen molar-refractivity contribution in [2.24, 2.45) is 0 Å². The van der Waals surface area contributed by atoms with Gasteiger partial charge in [0, 0.05) is 26.5 Å². The van der Waals surface area contributed by atoms with Crippen molar-refractivity contribution in [2.75, 3.05) is 166 Å². The van der Waals surface area contributed by atoms with Crippen LogP contribution in [0.25, 0.3) is 0 Å². The molecule has 25 nitrogen and oxygen atoms in total. The van der Waals surface area contributed by atoms with Gasteiger partial charge >= 0.3 is 18.0 Å². The zero-order valence-electron chi connectivity index (χ0n) is 37.8. The molecule has 0 bridgehead atoms. The Morgan fingerprint density at radius 2 is 0.985 bits per heavy atom. The molecular formula is C40H73N5O20. The third-order valence-corrected chi connectivity index (χ3v) is 8.23. The number of amides is 2. The lowest BCUT2D eigenvalue weighted by molar-refractivity contribution is -0.141. The summed E-state index contributed by atoms with van der Waals surface area (Å²) < 4.78 is 77.1. The van der Waals surface area contributed by atoms with Crippen molar-refractivity contribution >= 4 is 24.4 Å². The zero-order chi connectivity index (χ0) is 47.1. The maximum absolute atomic E-state index is 12.2. The van der Waals surface area contributed by atoms with E-state index in [0.717, 1.165) is 0 Å². The number of rotatable bonds is 51. The summed E-state index contributed by atoms with van der Waals surface area (Å²) in [5, 5.41) is 30.6. The predicted octanol–water partition coefficient (Wildman–Crippen LogP) is -0.0897. The molecule has 2 amide bonds. The van der Waals surface area contributed by atoms with Gasteiger partial charge in [0.2, 0.25) is 0 Å².